The van der Waals surface area contributed by atoms with Crippen LogP contribution in [0.4, 0.5) is 5.69 Å². The van der Waals surface area contributed by atoms with E-state index in [1.807, 2.05) is 20.2 Å². The van der Waals surface area contributed by atoms with Gasteiger partial charge in [0.15, 0.2) is 0 Å². The summed E-state index contributed by atoms with van der Waals surface area (Å²) < 4.78 is 5.08. The fourth-order valence-corrected chi connectivity index (χ4v) is 1.82. The number of hydrogen-bond donors (Lipinski definition) is 1. The number of anilines is 1. The molecule has 4 nitrogen and oxygen atoms in total. The van der Waals surface area contributed by atoms with E-state index in [-0.39, 0.29) is 0 Å². The highest BCUT2D eigenvalue weighted by molar-refractivity contribution is 5.53. The zero-order valence-electron chi connectivity index (χ0n) is 11.3. The third kappa shape index (κ3) is 4.32. The summed E-state index contributed by atoms with van der Waals surface area (Å²) >= 11 is 0. The highest BCUT2D eigenvalue weighted by Gasteiger charge is 2.07. The van der Waals surface area contributed by atoms with Crippen LogP contribution in [0.15, 0.2) is 12.3 Å². The standard InChI is InChI=1S/C13H23N3O/c1-11-8-13(12(9-14-2)10-15-11)16(3)6-5-7-17-4/h8,10,14H,5-7,9H2,1-4H3. The van der Waals surface area contributed by atoms with Gasteiger partial charge in [0.25, 0.3) is 0 Å². The van der Waals surface area contributed by atoms with Crippen molar-refractivity contribution < 1.29 is 4.74 Å². The molecular weight excluding hydrogens is 214 g/mol. The molecule has 17 heavy (non-hydrogen) atoms. The molecule has 0 atom stereocenters. The first-order chi connectivity index (χ1) is 8.19. The molecule has 1 rings (SSSR count). The number of methoxy groups -OCH3 is 1. The number of hydrogen-bond acceptors (Lipinski definition) is 4. The van der Waals surface area contributed by atoms with E-state index >= 15 is 0 Å². The minimum absolute atomic E-state index is 0.801. The van der Waals surface area contributed by atoms with Crippen LogP contribution in [0.3, 0.4) is 0 Å². The van der Waals surface area contributed by atoms with Crippen molar-refractivity contribution in [1.82, 2.24) is 10.3 Å². The van der Waals surface area contributed by atoms with Crippen molar-refractivity contribution in [3.05, 3.63) is 23.5 Å². The molecule has 1 heterocycles. The molecule has 96 valence electrons. The third-order valence-electron chi connectivity index (χ3n) is 2.72. The van der Waals surface area contributed by atoms with Crippen molar-refractivity contribution in [2.45, 2.75) is 19.9 Å². The first-order valence-corrected chi connectivity index (χ1v) is 5.99. The van der Waals surface area contributed by atoms with E-state index in [0.29, 0.717) is 0 Å². The molecule has 0 fully saturated rings. The van der Waals surface area contributed by atoms with Gasteiger partial charge in [-0.15, -0.1) is 0 Å². The highest BCUT2D eigenvalue weighted by atomic mass is 16.5. The summed E-state index contributed by atoms with van der Waals surface area (Å²) in [6.07, 6.45) is 2.99. The Kier molecular flexibility index (Phi) is 5.94. The minimum atomic E-state index is 0.801. The van der Waals surface area contributed by atoms with Crippen molar-refractivity contribution in [3.63, 3.8) is 0 Å². The largest absolute Gasteiger partial charge is 0.385 e. The molecule has 0 aromatic carbocycles. The lowest BCUT2D eigenvalue weighted by Gasteiger charge is -2.22. The molecule has 0 saturated heterocycles. The molecule has 1 aromatic rings. The molecule has 0 aliphatic carbocycles. The number of ether oxygens (including phenoxy) is 1. The molecule has 0 amide bonds. The van der Waals surface area contributed by atoms with E-state index in [9.17, 15) is 0 Å². The third-order valence-corrected chi connectivity index (χ3v) is 2.72. The van der Waals surface area contributed by atoms with Crippen molar-refractivity contribution >= 4 is 5.69 Å². The molecule has 0 radical (unpaired) electrons. The molecule has 0 aliphatic heterocycles. The van der Waals surface area contributed by atoms with E-state index in [0.717, 1.165) is 31.8 Å². The van der Waals surface area contributed by atoms with Crippen LogP contribution in [0.5, 0.6) is 0 Å². The molecule has 1 N–H and O–H groups in total. The van der Waals surface area contributed by atoms with E-state index in [2.05, 4.69) is 28.3 Å². The zero-order chi connectivity index (χ0) is 12.7. The lowest BCUT2D eigenvalue weighted by atomic mass is 10.2. The minimum Gasteiger partial charge on any atom is -0.385 e. The molecule has 0 spiro atoms. The van der Waals surface area contributed by atoms with Gasteiger partial charge in [-0.05, 0) is 26.5 Å². The fraction of sp³-hybridized carbons (Fsp3) is 0.615. The maximum absolute atomic E-state index is 5.08. The Morgan fingerprint density at radius 1 is 1.47 bits per heavy atom. The van der Waals surface area contributed by atoms with Crippen LogP contribution in [-0.2, 0) is 11.3 Å². The Balaban J connectivity index is 2.74. The smallest absolute Gasteiger partial charge is 0.0479 e. The van der Waals surface area contributed by atoms with Crippen LogP contribution >= 0.6 is 0 Å². The average Bonchev–Trinajstić information content (AvgIpc) is 2.32. The lowest BCUT2D eigenvalue weighted by Crippen LogP contribution is -2.22. The predicted octanol–water partition coefficient (Wildman–Crippen LogP) is 1.58. The highest BCUT2D eigenvalue weighted by Crippen LogP contribution is 2.19. The molecule has 1 aromatic heterocycles. The fourth-order valence-electron chi connectivity index (χ4n) is 1.82. The van der Waals surface area contributed by atoms with E-state index in [1.54, 1.807) is 7.11 Å². The van der Waals surface area contributed by atoms with Gasteiger partial charge in [-0.3, -0.25) is 4.98 Å². The van der Waals surface area contributed by atoms with Gasteiger partial charge in [-0.25, -0.2) is 0 Å². The molecule has 0 aliphatic rings. The predicted molar refractivity (Wildman–Crippen MR) is 71.5 cm³/mol. The van der Waals surface area contributed by atoms with E-state index in [4.69, 9.17) is 4.74 Å². The van der Waals surface area contributed by atoms with Crippen molar-refractivity contribution in [1.29, 1.82) is 0 Å². The van der Waals surface area contributed by atoms with Gasteiger partial charge in [0.2, 0.25) is 0 Å². The van der Waals surface area contributed by atoms with Crippen molar-refractivity contribution in [2.24, 2.45) is 0 Å². The molecular formula is C13H23N3O. The first kappa shape index (κ1) is 13.9. The Morgan fingerprint density at radius 3 is 2.88 bits per heavy atom. The Labute approximate surface area is 104 Å². The monoisotopic (exact) mass is 237 g/mol. The van der Waals surface area contributed by atoms with Crippen LogP contribution in [0.25, 0.3) is 0 Å². The first-order valence-electron chi connectivity index (χ1n) is 5.99. The summed E-state index contributed by atoms with van der Waals surface area (Å²) in [6.45, 7) is 4.66. The molecule has 0 saturated carbocycles. The van der Waals surface area contributed by atoms with Gasteiger partial charge >= 0.3 is 0 Å². The summed E-state index contributed by atoms with van der Waals surface area (Å²) in [5.74, 6) is 0. The summed E-state index contributed by atoms with van der Waals surface area (Å²) in [7, 11) is 5.81. The number of nitrogens with zero attached hydrogens (tertiary/aromatic N) is 2. The van der Waals surface area contributed by atoms with Gasteiger partial charge in [0, 0.05) is 57.0 Å². The summed E-state index contributed by atoms with van der Waals surface area (Å²) in [6, 6.07) is 2.14. The average molecular weight is 237 g/mol. The van der Waals surface area contributed by atoms with Crippen LogP contribution in [0.2, 0.25) is 0 Å². The SMILES string of the molecule is CNCc1cnc(C)cc1N(C)CCCOC. The second-order valence-corrected chi connectivity index (χ2v) is 4.25. The van der Waals surface area contributed by atoms with E-state index in [1.165, 1.54) is 11.3 Å². The number of aryl methyl sites for hydroxylation is 1. The molecule has 0 unspecified atom stereocenters. The molecule has 0 bridgehead atoms. The van der Waals surface area contributed by atoms with Gasteiger partial charge in [0.1, 0.15) is 0 Å². The molecule has 4 heteroatoms. The lowest BCUT2D eigenvalue weighted by molar-refractivity contribution is 0.196. The van der Waals surface area contributed by atoms with E-state index < -0.39 is 0 Å². The van der Waals surface area contributed by atoms with Gasteiger partial charge in [0.05, 0.1) is 0 Å². The number of rotatable bonds is 7. The number of nitrogens with one attached hydrogen (secondary N) is 1. The van der Waals surface area contributed by atoms with Gasteiger partial charge < -0.3 is 15.0 Å². The van der Waals surface area contributed by atoms with Gasteiger partial charge in [-0.2, -0.15) is 0 Å². The Bertz CT molecular complexity index is 341. The second-order valence-electron chi connectivity index (χ2n) is 4.25. The van der Waals surface area contributed by atoms with Crippen molar-refractivity contribution in [3.8, 4) is 0 Å². The summed E-state index contributed by atoms with van der Waals surface area (Å²) in [5.41, 5.74) is 3.54. The summed E-state index contributed by atoms with van der Waals surface area (Å²) in [4.78, 5) is 6.61. The van der Waals surface area contributed by atoms with Gasteiger partial charge in [-0.1, -0.05) is 0 Å². The normalized spacial score (nSPS) is 10.6. The summed E-state index contributed by atoms with van der Waals surface area (Å²) in [5, 5.41) is 3.17. The number of pyridine rings is 1. The second kappa shape index (κ2) is 7.25. The van der Waals surface area contributed by atoms with Crippen LogP contribution in [0, 0.1) is 6.92 Å². The zero-order valence-corrected chi connectivity index (χ0v) is 11.3. The van der Waals surface area contributed by atoms with Crippen LogP contribution in [0.1, 0.15) is 17.7 Å². The Hall–Kier alpha value is -1.13. The van der Waals surface area contributed by atoms with Crippen molar-refractivity contribution in [2.75, 3.05) is 39.3 Å². The van der Waals surface area contributed by atoms with Crippen LogP contribution in [-0.4, -0.2) is 39.3 Å². The quantitative estimate of drug-likeness (QED) is 0.731. The maximum Gasteiger partial charge on any atom is 0.0479 e. The number of aromatic nitrogens is 1. The maximum atomic E-state index is 5.08. The Morgan fingerprint density at radius 2 is 2.24 bits per heavy atom. The van der Waals surface area contributed by atoms with Crippen LogP contribution < -0.4 is 10.2 Å². The topological polar surface area (TPSA) is 37.4 Å².